The first-order valence-corrected chi connectivity index (χ1v) is 9.13. The number of alkyl halides is 6. The summed E-state index contributed by atoms with van der Waals surface area (Å²) in [6.45, 7) is 0. The smallest absolute Gasteiger partial charge is 0.369 e. The van der Waals surface area contributed by atoms with Gasteiger partial charge in [-0.05, 0) is 34.4 Å². The van der Waals surface area contributed by atoms with Crippen LogP contribution < -0.4 is 0 Å². The normalized spacial score (nSPS) is 12.8. The molecule has 0 spiro atoms. The van der Waals surface area contributed by atoms with Gasteiger partial charge in [0, 0.05) is 5.56 Å². The minimum atomic E-state index is -5.94. The number of rotatable bonds is 3. The lowest BCUT2D eigenvalue weighted by Gasteiger charge is -2.32. The van der Waals surface area contributed by atoms with Gasteiger partial charge < -0.3 is 5.11 Å². The van der Waals surface area contributed by atoms with E-state index in [4.69, 9.17) is 23.2 Å². The predicted octanol–water partition coefficient (Wildman–Crippen LogP) is 7.64. The first kappa shape index (κ1) is 22.5. The van der Waals surface area contributed by atoms with Crippen molar-refractivity contribution in [1.29, 1.82) is 0 Å². The van der Waals surface area contributed by atoms with E-state index in [0.717, 1.165) is 12.1 Å². The van der Waals surface area contributed by atoms with Gasteiger partial charge in [0.15, 0.2) is 0 Å². The van der Waals surface area contributed by atoms with E-state index >= 15 is 0 Å². The van der Waals surface area contributed by atoms with Gasteiger partial charge in [-0.15, -0.1) is 0 Å². The highest BCUT2D eigenvalue weighted by molar-refractivity contribution is 6.42. The standard InChI is InChI=1S/C21H12Cl2F6O/c22-17-10-7-13(11-18(17)23)16-4-2-1-3-15(16)12-5-8-14(9-6-12)19(30,20(24,25)26)21(27,28)29/h1-11,30H. The van der Waals surface area contributed by atoms with Crippen LogP contribution in [0.25, 0.3) is 22.3 Å². The first-order chi connectivity index (χ1) is 13.9. The molecule has 0 aromatic heterocycles. The number of halogens is 8. The molecular formula is C21H12Cl2F6O. The molecule has 0 radical (unpaired) electrons. The number of aliphatic hydroxyl groups is 1. The second-order valence-electron chi connectivity index (χ2n) is 6.46. The molecule has 3 aromatic carbocycles. The first-order valence-electron chi connectivity index (χ1n) is 8.37. The van der Waals surface area contributed by atoms with Crippen molar-refractivity contribution in [3.63, 3.8) is 0 Å². The third kappa shape index (κ3) is 3.89. The van der Waals surface area contributed by atoms with Crippen LogP contribution in [0.5, 0.6) is 0 Å². The zero-order valence-corrected chi connectivity index (χ0v) is 16.3. The maximum Gasteiger partial charge on any atom is 0.430 e. The van der Waals surface area contributed by atoms with Crippen LogP contribution in [-0.2, 0) is 5.60 Å². The highest BCUT2D eigenvalue weighted by Crippen LogP contribution is 2.50. The van der Waals surface area contributed by atoms with E-state index in [2.05, 4.69) is 0 Å². The van der Waals surface area contributed by atoms with E-state index in [9.17, 15) is 31.4 Å². The molecule has 0 atom stereocenters. The summed E-state index contributed by atoms with van der Waals surface area (Å²) in [5, 5.41) is 10.2. The molecule has 0 saturated heterocycles. The predicted molar refractivity (Wildman–Crippen MR) is 103 cm³/mol. The van der Waals surface area contributed by atoms with E-state index in [1.165, 1.54) is 0 Å². The maximum atomic E-state index is 13.1. The monoisotopic (exact) mass is 464 g/mol. The lowest BCUT2D eigenvalue weighted by Crippen LogP contribution is -2.53. The molecule has 0 saturated carbocycles. The Morgan fingerprint density at radius 2 is 1.07 bits per heavy atom. The van der Waals surface area contributed by atoms with Crippen LogP contribution in [-0.4, -0.2) is 17.5 Å². The SMILES string of the molecule is OC(c1ccc(-c2ccccc2-c2ccc(Cl)c(Cl)c2)cc1)(C(F)(F)F)C(F)(F)F. The fraction of sp³-hybridized carbons (Fsp3) is 0.143. The molecule has 30 heavy (non-hydrogen) atoms. The van der Waals surface area contributed by atoms with Gasteiger partial charge in [-0.25, -0.2) is 0 Å². The largest absolute Gasteiger partial charge is 0.430 e. The van der Waals surface area contributed by atoms with Crippen LogP contribution in [0.3, 0.4) is 0 Å². The van der Waals surface area contributed by atoms with Crippen LogP contribution in [0.4, 0.5) is 26.3 Å². The van der Waals surface area contributed by atoms with Crippen molar-refractivity contribution in [3.05, 3.63) is 82.3 Å². The highest BCUT2D eigenvalue weighted by atomic mass is 35.5. The van der Waals surface area contributed by atoms with Crippen molar-refractivity contribution < 1.29 is 31.4 Å². The molecule has 0 aliphatic rings. The molecule has 3 aromatic rings. The second kappa shape index (κ2) is 7.80. The Hall–Kier alpha value is -2.22. The fourth-order valence-corrected chi connectivity index (χ4v) is 3.33. The molecule has 1 nitrogen and oxygen atoms in total. The summed E-state index contributed by atoms with van der Waals surface area (Å²) in [4.78, 5) is 0. The van der Waals surface area contributed by atoms with Crippen LogP contribution >= 0.6 is 23.2 Å². The fourth-order valence-electron chi connectivity index (χ4n) is 3.03. The maximum absolute atomic E-state index is 13.1. The highest BCUT2D eigenvalue weighted by Gasteiger charge is 2.71. The van der Waals surface area contributed by atoms with Crippen molar-refractivity contribution in [2.45, 2.75) is 18.0 Å². The average Bonchev–Trinajstić information content (AvgIpc) is 2.68. The summed E-state index contributed by atoms with van der Waals surface area (Å²) in [6, 6.07) is 15.1. The Balaban J connectivity index is 2.09. The number of hydrogen-bond donors (Lipinski definition) is 1. The van der Waals surface area contributed by atoms with Crippen molar-refractivity contribution in [2.75, 3.05) is 0 Å². The quantitative estimate of drug-likeness (QED) is 0.394. The van der Waals surface area contributed by atoms with E-state index in [1.807, 2.05) is 0 Å². The molecule has 9 heteroatoms. The number of hydrogen-bond acceptors (Lipinski definition) is 1. The second-order valence-corrected chi connectivity index (χ2v) is 7.27. The van der Waals surface area contributed by atoms with Crippen molar-refractivity contribution in [1.82, 2.24) is 0 Å². The summed E-state index contributed by atoms with van der Waals surface area (Å²) in [5.74, 6) is 0. The third-order valence-corrected chi connectivity index (χ3v) is 5.33. The summed E-state index contributed by atoms with van der Waals surface area (Å²) >= 11 is 12.0. The molecule has 0 aliphatic carbocycles. The van der Waals surface area contributed by atoms with Gasteiger partial charge in [-0.2, -0.15) is 26.3 Å². The molecule has 1 N–H and O–H groups in total. The van der Waals surface area contributed by atoms with Crippen LogP contribution in [0.2, 0.25) is 10.0 Å². The number of benzene rings is 3. The molecule has 0 bridgehead atoms. The zero-order valence-electron chi connectivity index (χ0n) is 14.8. The van der Waals surface area contributed by atoms with Gasteiger partial charge in [-0.3, -0.25) is 0 Å². The molecule has 0 amide bonds. The zero-order chi connectivity index (χ0) is 22.3. The van der Waals surface area contributed by atoms with Crippen molar-refractivity contribution >= 4 is 23.2 Å². The summed E-state index contributed by atoms with van der Waals surface area (Å²) < 4.78 is 78.4. The summed E-state index contributed by atoms with van der Waals surface area (Å²) in [6.07, 6.45) is -11.9. The lowest BCUT2D eigenvalue weighted by molar-refractivity contribution is -0.376. The molecule has 0 fully saturated rings. The van der Waals surface area contributed by atoms with E-state index < -0.39 is 23.5 Å². The Morgan fingerprint density at radius 1 is 0.600 bits per heavy atom. The van der Waals surface area contributed by atoms with Gasteiger partial charge in [-0.1, -0.05) is 77.8 Å². The molecule has 3 rings (SSSR count). The molecule has 0 unspecified atom stereocenters. The van der Waals surface area contributed by atoms with Gasteiger partial charge in [0.25, 0.3) is 5.60 Å². The summed E-state index contributed by atoms with van der Waals surface area (Å²) in [7, 11) is 0. The lowest BCUT2D eigenvalue weighted by atomic mass is 9.89. The van der Waals surface area contributed by atoms with Crippen LogP contribution in [0.1, 0.15) is 5.56 Å². The van der Waals surface area contributed by atoms with Crippen LogP contribution in [0.15, 0.2) is 66.7 Å². The minimum Gasteiger partial charge on any atom is -0.369 e. The summed E-state index contributed by atoms with van der Waals surface area (Å²) in [5.41, 5.74) is -4.09. The molecule has 0 aliphatic heterocycles. The van der Waals surface area contributed by atoms with Gasteiger partial charge in [0.2, 0.25) is 0 Å². The van der Waals surface area contributed by atoms with Crippen molar-refractivity contribution in [2.24, 2.45) is 0 Å². The Kier molecular flexibility index (Phi) is 5.84. The van der Waals surface area contributed by atoms with E-state index in [1.54, 1.807) is 42.5 Å². The Labute approximate surface area is 177 Å². The topological polar surface area (TPSA) is 20.2 Å². The van der Waals surface area contributed by atoms with E-state index in [0.29, 0.717) is 44.4 Å². The average molecular weight is 465 g/mol. The molecular weight excluding hydrogens is 453 g/mol. The minimum absolute atomic E-state index is 0.291. The van der Waals surface area contributed by atoms with Crippen LogP contribution in [0, 0.1) is 0 Å². The Morgan fingerprint density at radius 3 is 1.53 bits per heavy atom. The van der Waals surface area contributed by atoms with E-state index in [-0.39, 0.29) is 0 Å². The van der Waals surface area contributed by atoms with Gasteiger partial charge in [0.1, 0.15) is 0 Å². The molecule has 0 heterocycles. The van der Waals surface area contributed by atoms with Crippen molar-refractivity contribution in [3.8, 4) is 22.3 Å². The van der Waals surface area contributed by atoms with Gasteiger partial charge >= 0.3 is 12.4 Å². The third-order valence-electron chi connectivity index (χ3n) is 4.59. The van der Waals surface area contributed by atoms with Gasteiger partial charge in [0.05, 0.1) is 10.0 Å². The molecule has 158 valence electrons. The Bertz CT molecular complexity index is 1040.